The fourth-order valence-electron chi connectivity index (χ4n) is 1.95. The quantitative estimate of drug-likeness (QED) is 0.785. The highest BCUT2D eigenvalue weighted by atomic mass is 15.0. The molecule has 0 spiro atoms. The van der Waals surface area contributed by atoms with E-state index in [2.05, 4.69) is 35.8 Å². The Balaban J connectivity index is 1.85. The van der Waals surface area contributed by atoms with Crippen molar-refractivity contribution in [2.75, 3.05) is 6.54 Å². The largest absolute Gasteiger partial charge is 0.337 e. The third-order valence-electron chi connectivity index (χ3n) is 2.94. The molecule has 0 aliphatic heterocycles. The van der Waals surface area contributed by atoms with Gasteiger partial charge in [0.1, 0.15) is 0 Å². The average molecular weight is 193 g/mol. The van der Waals surface area contributed by atoms with Crippen molar-refractivity contribution >= 4 is 0 Å². The maximum absolute atomic E-state index is 4.16. The molecule has 1 aliphatic rings. The van der Waals surface area contributed by atoms with Crippen LogP contribution >= 0.6 is 0 Å². The lowest BCUT2D eigenvalue weighted by atomic mass is 10.2. The molecular formula is C11H19N3. The van der Waals surface area contributed by atoms with Crippen molar-refractivity contribution in [1.82, 2.24) is 14.9 Å². The van der Waals surface area contributed by atoms with Gasteiger partial charge in [0.05, 0.1) is 6.33 Å². The van der Waals surface area contributed by atoms with Gasteiger partial charge >= 0.3 is 0 Å². The van der Waals surface area contributed by atoms with Gasteiger partial charge in [-0.2, -0.15) is 0 Å². The summed E-state index contributed by atoms with van der Waals surface area (Å²) in [6.07, 6.45) is 5.21. The van der Waals surface area contributed by atoms with E-state index < -0.39 is 0 Å². The van der Waals surface area contributed by atoms with Gasteiger partial charge in [0.25, 0.3) is 0 Å². The van der Waals surface area contributed by atoms with Crippen LogP contribution in [0.15, 0.2) is 12.5 Å². The van der Waals surface area contributed by atoms with Crippen LogP contribution in [0.5, 0.6) is 0 Å². The van der Waals surface area contributed by atoms with Crippen LogP contribution in [0.1, 0.15) is 31.9 Å². The van der Waals surface area contributed by atoms with Crippen molar-refractivity contribution in [3.05, 3.63) is 18.2 Å². The first-order valence-corrected chi connectivity index (χ1v) is 5.38. The average Bonchev–Trinajstić information content (AvgIpc) is 2.78. The number of imidazole rings is 1. The molecule has 0 radical (unpaired) electrons. The van der Waals surface area contributed by atoms with Crippen molar-refractivity contribution < 1.29 is 0 Å². The molecule has 1 aromatic heterocycles. The first-order valence-electron chi connectivity index (χ1n) is 5.38. The number of hydrogen-bond acceptors (Lipinski definition) is 2. The Morgan fingerprint density at radius 3 is 3.00 bits per heavy atom. The van der Waals surface area contributed by atoms with E-state index in [1.165, 1.54) is 12.1 Å². The van der Waals surface area contributed by atoms with Gasteiger partial charge < -0.3 is 9.88 Å². The highest BCUT2D eigenvalue weighted by molar-refractivity contribution is 5.16. The molecule has 0 amide bonds. The van der Waals surface area contributed by atoms with Gasteiger partial charge in [-0.15, -0.1) is 0 Å². The second-order valence-corrected chi connectivity index (χ2v) is 4.59. The van der Waals surface area contributed by atoms with Gasteiger partial charge in [0.15, 0.2) is 0 Å². The summed E-state index contributed by atoms with van der Waals surface area (Å²) in [4.78, 5) is 4.16. The van der Waals surface area contributed by atoms with Crippen LogP contribution in [-0.2, 0) is 7.05 Å². The molecule has 0 saturated heterocycles. The fraction of sp³-hybridized carbons (Fsp3) is 0.727. The summed E-state index contributed by atoms with van der Waals surface area (Å²) in [6, 6.07) is 0.600. The number of rotatable bonds is 4. The monoisotopic (exact) mass is 193 g/mol. The minimum atomic E-state index is 0.600. The molecule has 2 rings (SSSR count). The normalized spacial score (nSPS) is 25.7. The molecule has 1 heterocycles. The summed E-state index contributed by atoms with van der Waals surface area (Å²) in [7, 11) is 2.08. The summed E-state index contributed by atoms with van der Waals surface area (Å²) in [5.74, 6) is 1.57. The van der Waals surface area contributed by atoms with Crippen molar-refractivity contribution in [3.63, 3.8) is 0 Å². The van der Waals surface area contributed by atoms with Crippen LogP contribution in [0, 0.1) is 5.92 Å². The van der Waals surface area contributed by atoms with Crippen molar-refractivity contribution in [3.8, 4) is 0 Å². The lowest BCUT2D eigenvalue weighted by molar-refractivity contribution is 0.552. The first kappa shape index (κ1) is 9.71. The van der Waals surface area contributed by atoms with Crippen LogP contribution in [-0.4, -0.2) is 22.1 Å². The number of aromatic nitrogens is 2. The van der Waals surface area contributed by atoms with E-state index in [-0.39, 0.29) is 0 Å². The molecule has 1 aliphatic carbocycles. The summed E-state index contributed by atoms with van der Waals surface area (Å²) in [6.45, 7) is 5.54. The van der Waals surface area contributed by atoms with Gasteiger partial charge in [0.2, 0.25) is 0 Å². The third kappa shape index (κ3) is 1.98. The van der Waals surface area contributed by atoms with Gasteiger partial charge in [-0.3, -0.25) is 0 Å². The first-order chi connectivity index (χ1) is 6.68. The fourth-order valence-corrected chi connectivity index (χ4v) is 1.95. The van der Waals surface area contributed by atoms with Crippen LogP contribution < -0.4 is 5.32 Å². The lowest BCUT2D eigenvalue weighted by Gasteiger charge is -2.07. The van der Waals surface area contributed by atoms with E-state index >= 15 is 0 Å². The number of nitrogens with zero attached hydrogens (tertiary/aromatic N) is 2. The predicted molar refractivity (Wildman–Crippen MR) is 57.2 cm³/mol. The molecule has 0 aromatic carbocycles. The van der Waals surface area contributed by atoms with E-state index in [0.29, 0.717) is 6.04 Å². The summed E-state index contributed by atoms with van der Waals surface area (Å²) < 4.78 is 2.14. The number of aryl methyl sites for hydroxylation is 1. The zero-order chi connectivity index (χ0) is 10.1. The SMILES string of the molecule is CC(C)NCC1CC1c1cncn1C. The van der Waals surface area contributed by atoms with Crippen LogP contribution in [0.3, 0.4) is 0 Å². The van der Waals surface area contributed by atoms with Crippen molar-refractivity contribution in [2.45, 2.75) is 32.2 Å². The molecule has 1 N–H and O–H groups in total. The number of nitrogens with one attached hydrogen (secondary N) is 1. The Hall–Kier alpha value is -0.830. The molecule has 78 valence electrons. The smallest absolute Gasteiger partial charge is 0.0945 e. The van der Waals surface area contributed by atoms with Crippen molar-refractivity contribution in [2.24, 2.45) is 13.0 Å². The molecule has 1 aromatic rings. The third-order valence-corrected chi connectivity index (χ3v) is 2.94. The maximum atomic E-state index is 4.16. The molecule has 2 unspecified atom stereocenters. The van der Waals surface area contributed by atoms with E-state index in [1.54, 1.807) is 0 Å². The molecule has 2 atom stereocenters. The standard InChI is InChI=1S/C11H19N3/c1-8(2)13-5-9-4-10(9)11-6-12-7-14(11)3/h6-10,13H,4-5H2,1-3H3. The van der Waals surface area contributed by atoms with Crippen LogP contribution in [0.2, 0.25) is 0 Å². The molecule has 0 bridgehead atoms. The molecule has 1 saturated carbocycles. The Morgan fingerprint density at radius 2 is 2.43 bits per heavy atom. The van der Waals surface area contributed by atoms with E-state index in [0.717, 1.165) is 18.4 Å². The minimum absolute atomic E-state index is 0.600. The van der Waals surface area contributed by atoms with Crippen molar-refractivity contribution in [1.29, 1.82) is 0 Å². The maximum Gasteiger partial charge on any atom is 0.0945 e. The predicted octanol–water partition coefficient (Wildman–Crippen LogP) is 1.52. The van der Waals surface area contributed by atoms with Gasteiger partial charge in [-0.25, -0.2) is 4.98 Å². The second kappa shape index (κ2) is 3.73. The zero-order valence-electron chi connectivity index (χ0n) is 9.20. The Morgan fingerprint density at radius 1 is 1.64 bits per heavy atom. The summed E-state index contributed by atoms with van der Waals surface area (Å²) in [5.41, 5.74) is 1.39. The Labute approximate surface area is 85.5 Å². The number of hydrogen-bond donors (Lipinski definition) is 1. The Bertz CT molecular complexity index is 303. The molecular weight excluding hydrogens is 174 g/mol. The van der Waals surface area contributed by atoms with E-state index in [9.17, 15) is 0 Å². The summed E-state index contributed by atoms with van der Waals surface area (Å²) in [5, 5.41) is 3.49. The molecule has 3 heteroatoms. The summed E-state index contributed by atoms with van der Waals surface area (Å²) >= 11 is 0. The van der Waals surface area contributed by atoms with Crippen LogP contribution in [0.4, 0.5) is 0 Å². The van der Waals surface area contributed by atoms with Gasteiger partial charge in [0, 0.05) is 30.9 Å². The van der Waals surface area contributed by atoms with E-state index in [4.69, 9.17) is 0 Å². The highest BCUT2D eigenvalue weighted by Gasteiger charge is 2.39. The minimum Gasteiger partial charge on any atom is -0.337 e. The van der Waals surface area contributed by atoms with E-state index in [1.807, 2.05) is 12.5 Å². The molecule has 1 fully saturated rings. The topological polar surface area (TPSA) is 29.9 Å². The van der Waals surface area contributed by atoms with Crippen LogP contribution in [0.25, 0.3) is 0 Å². The second-order valence-electron chi connectivity index (χ2n) is 4.59. The lowest BCUT2D eigenvalue weighted by Crippen LogP contribution is -2.25. The zero-order valence-corrected chi connectivity index (χ0v) is 9.20. The Kier molecular flexibility index (Phi) is 2.59. The molecule has 14 heavy (non-hydrogen) atoms. The van der Waals surface area contributed by atoms with Gasteiger partial charge in [-0.05, 0) is 18.9 Å². The molecule has 3 nitrogen and oxygen atoms in total. The highest BCUT2D eigenvalue weighted by Crippen LogP contribution is 2.46. The van der Waals surface area contributed by atoms with Gasteiger partial charge in [-0.1, -0.05) is 13.8 Å².